The zero-order chi connectivity index (χ0) is 21.6. The van der Waals surface area contributed by atoms with E-state index in [1.807, 2.05) is 0 Å². The quantitative estimate of drug-likeness (QED) is 0.316. The van der Waals surface area contributed by atoms with Crippen LogP contribution in [0.4, 0.5) is 0 Å². The van der Waals surface area contributed by atoms with Gasteiger partial charge in [-0.05, 0) is 54.6 Å². The van der Waals surface area contributed by atoms with Gasteiger partial charge >= 0.3 is 5.97 Å². The van der Waals surface area contributed by atoms with E-state index in [2.05, 4.69) is 0 Å². The molecule has 4 rings (SSSR count). The topological polar surface area (TPSA) is 59.3 Å². The summed E-state index contributed by atoms with van der Waals surface area (Å²) in [4.78, 5) is 25.8. The minimum absolute atomic E-state index is 0.00772. The number of nitrogens with zero attached hydrogens (tertiary/aromatic N) is 1. The molecule has 0 bridgehead atoms. The van der Waals surface area contributed by atoms with Crippen LogP contribution in [0, 0.1) is 0 Å². The van der Waals surface area contributed by atoms with Crippen molar-refractivity contribution in [1.29, 1.82) is 0 Å². The van der Waals surface area contributed by atoms with Crippen LogP contribution < -0.4 is 0 Å². The van der Waals surface area contributed by atoms with E-state index in [9.17, 15) is 14.7 Å². The van der Waals surface area contributed by atoms with Crippen LogP contribution >= 0.6 is 46.4 Å². The largest absolute Gasteiger partial charge is 0.477 e. The number of carboxylic acids is 1. The number of carbonyl (C=O) groups is 2. The number of benzene rings is 3. The molecule has 8 heteroatoms. The fourth-order valence-corrected chi connectivity index (χ4v) is 4.15. The van der Waals surface area contributed by atoms with Crippen LogP contribution in [0.15, 0.2) is 60.7 Å². The van der Waals surface area contributed by atoms with E-state index in [-0.39, 0.29) is 21.8 Å². The summed E-state index contributed by atoms with van der Waals surface area (Å²) in [6.45, 7) is 0. The first-order chi connectivity index (χ1) is 14.3. The van der Waals surface area contributed by atoms with Gasteiger partial charge in [0.25, 0.3) is 0 Å². The lowest BCUT2D eigenvalue weighted by atomic mass is 10.00. The number of hydrogen-bond acceptors (Lipinski definition) is 2. The lowest BCUT2D eigenvalue weighted by Gasteiger charge is -2.10. The van der Waals surface area contributed by atoms with E-state index in [1.165, 1.54) is 22.8 Å². The Morgan fingerprint density at radius 3 is 2.00 bits per heavy atom. The molecule has 1 heterocycles. The van der Waals surface area contributed by atoms with Gasteiger partial charge < -0.3 is 9.67 Å². The molecule has 0 saturated heterocycles. The molecule has 0 unspecified atom stereocenters. The Hall–Kier alpha value is -2.50. The zero-order valence-corrected chi connectivity index (χ0v) is 18.0. The number of rotatable bonds is 4. The van der Waals surface area contributed by atoms with E-state index in [0.717, 1.165) is 0 Å². The molecule has 0 aliphatic heterocycles. The Kier molecular flexibility index (Phi) is 5.51. The average molecular weight is 479 g/mol. The van der Waals surface area contributed by atoms with Crippen molar-refractivity contribution in [3.05, 3.63) is 97.6 Å². The van der Waals surface area contributed by atoms with Gasteiger partial charge in [0.2, 0.25) is 0 Å². The molecule has 0 amide bonds. The number of fused-ring (bicyclic) bond motifs is 1. The maximum atomic E-state index is 13.4. The van der Waals surface area contributed by atoms with Gasteiger partial charge in [0.05, 0.1) is 16.1 Å². The number of ketones is 1. The Morgan fingerprint density at radius 2 is 1.37 bits per heavy atom. The molecule has 30 heavy (non-hydrogen) atoms. The van der Waals surface area contributed by atoms with Crippen LogP contribution in [-0.2, 0) is 0 Å². The van der Waals surface area contributed by atoms with E-state index in [4.69, 9.17) is 46.4 Å². The number of halogens is 4. The first-order valence-electron chi connectivity index (χ1n) is 8.61. The van der Waals surface area contributed by atoms with Gasteiger partial charge in [-0.15, -0.1) is 0 Å². The number of aromatic nitrogens is 1. The highest BCUT2D eigenvalue weighted by molar-refractivity contribution is 6.38. The lowest BCUT2D eigenvalue weighted by Crippen LogP contribution is -2.13. The molecule has 1 N–H and O–H groups in total. The third-order valence-electron chi connectivity index (χ3n) is 4.62. The molecule has 4 nitrogen and oxygen atoms in total. The molecule has 0 aliphatic carbocycles. The van der Waals surface area contributed by atoms with Crippen molar-refractivity contribution in [2.24, 2.45) is 0 Å². The minimum atomic E-state index is -1.27. The SMILES string of the molecule is O=C(c1ccc(Cl)cc1Cl)c1c(C(=O)O)n(-c2ccc(Cl)cc2)c2cc(Cl)ccc12. The highest BCUT2D eigenvalue weighted by Gasteiger charge is 2.29. The lowest BCUT2D eigenvalue weighted by molar-refractivity contribution is 0.0684. The van der Waals surface area contributed by atoms with E-state index < -0.39 is 11.8 Å². The Labute approximate surface area is 191 Å². The van der Waals surface area contributed by atoms with Crippen molar-refractivity contribution in [3.8, 4) is 5.69 Å². The van der Waals surface area contributed by atoms with Gasteiger partial charge in [-0.3, -0.25) is 4.79 Å². The molecular weight excluding hydrogens is 468 g/mol. The van der Waals surface area contributed by atoms with Crippen LogP contribution in [0.2, 0.25) is 20.1 Å². The van der Waals surface area contributed by atoms with Crippen LogP contribution in [0.25, 0.3) is 16.6 Å². The molecule has 0 saturated carbocycles. The molecule has 3 aromatic carbocycles. The molecule has 0 radical (unpaired) electrons. The van der Waals surface area contributed by atoms with Gasteiger partial charge in [-0.1, -0.05) is 52.5 Å². The van der Waals surface area contributed by atoms with E-state index in [0.29, 0.717) is 31.7 Å². The predicted octanol–water partition coefficient (Wildman–Crippen LogP) is 7.17. The highest BCUT2D eigenvalue weighted by atomic mass is 35.5. The number of carbonyl (C=O) groups excluding carboxylic acids is 1. The minimum Gasteiger partial charge on any atom is -0.477 e. The summed E-state index contributed by atoms with van der Waals surface area (Å²) in [6, 6.07) is 15.9. The fourth-order valence-electron chi connectivity index (χ4n) is 3.36. The fraction of sp³-hybridized carbons (Fsp3) is 0. The van der Waals surface area contributed by atoms with Crippen molar-refractivity contribution < 1.29 is 14.7 Å². The van der Waals surface area contributed by atoms with Crippen molar-refractivity contribution in [3.63, 3.8) is 0 Å². The first-order valence-corrected chi connectivity index (χ1v) is 10.1. The molecule has 1 aromatic heterocycles. The van der Waals surface area contributed by atoms with Crippen molar-refractivity contribution in [2.45, 2.75) is 0 Å². The number of hydrogen-bond donors (Lipinski definition) is 1. The molecule has 0 fully saturated rings. The van der Waals surface area contributed by atoms with Crippen LogP contribution in [-0.4, -0.2) is 21.4 Å². The smallest absolute Gasteiger partial charge is 0.353 e. The van der Waals surface area contributed by atoms with E-state index in [1.54, 1.807) is 42.5 Å². The highest BCUT2D eigenvalue weighted by Crippen LogP contribution is 2.35. The molecule has 0 aliphatic rings. The standard InChI is InChI=1S/C22H11Cl4NO3/c23-11-1-5-14(6-2-11)27-18-10-13(25)4-8-16(18)19(20(27)22(29)30)21(28)15-7-3-12(24)9-17(15)26/h1-10H,(H,29,30). The van der Waals surface area contributed by atoms with Gasteiger partial charge in [0, 0.05) is 31.7 Å². The summed E-state index contributed by atoms with van der Waals surface area (Å²) in [5, 5.41) is 11.9. The summed E-state index contributed by atoms with van der Waals surface area (Å²) in [6.07, 6.45) is 0. The summed E-state index contributed by atoms with van der Waals surface area (Å²) >= 11 is 24.3. The second-order valence-corrected chi connectivity index (χ2v) is 8.17. The summed E-state index contributed by atoms with van der Waals surface area (Å²) in [5.41, 5.74) is 0.939. The van der Waals surface area contributed by atoms with Crippen molar-refractivity contribution in [2.75, 3.05) is 0 Å². The first kappa shape index (κ1) is 20.8. The Bertz CT molecular complexity index is 1330. The van der Waals surface area contributed by atoms with E-state index >= 15 is 0 Å². The molecule has 4 aromatic rings. The molecule has 0 spiro atoms. The van der Waals surface area contributed by atoms with Crippen molar-refractivity contribution in [1.82, 2.24) is 4.57 Å². The van der Waals surface area contributed by atoms with Crippen LogP contribution in [0.5, 0.6) is 0 Å². The molecule has 0 atom stereocenters. The van der Waals surface area contributed by atoms with Crippen molar-refractivity contribution >= 4 is 69.1 Å². The molecule has 150 valence electrons. The second-order valence-electron chi connectivity index (χ2n) is 6.46. The molecular formula is C22H11Cl4NO3. The van der Waals surface area contributed by atoms with Gasteiger partial charge in [-0.2, -0.15) is 0 Å². The second kappa shape index (κ2) is 7.97. The third-order valence-corrected chi connectivity index (χ3v) is 5.66. The Morgan fingerprint density at radius 1 is 0.767 bits per heavy atom. The maximum Gasteiger partial charge on any atom is 0.353 e. The summed E-state index contributed by atoms with van der Waals surface area (Å²) in [7, 11) is 0. The summed E-state index contributed by atoms with van der Waals surface area (Å²) < 4.78 is 1.47. The number of aromatic carboxylic acids is 1. The Balaban J connectivity index is 2.09. The summed E-state index contributed by atoms with van der Waals surface area (Å²) in [5.74, 6) is -1.81. The van der Waals surface area contributed by atoms with Crippen LogP contribution in [0.3, 0.4) is 0 Å². The van der Waals surface area contributed by atoms with Gasteiger partial charge in [0.15, 0.2) is 5.78 Å². The van der Waals surface area contributed by atoms with Gasteiger partial charge in [-0.25, -0.2) is 4.79 Å². The van der Waals surface area contributed by atoms with Gasteiger partial charge in [0.1, 0.15) is 5.69 Å². The third kappa shape index (κ3) is 3.57. The number of carboxylic acid groups (broad SMARTS) is 1. The maximum absolute atomic E-state index is 13.4. The zero-order valence-electron chi connectivity index (χ0n) is 15.0. The normalized spacial score (nSPS) is 11.1. The predicted molar refractivity (Wildman–Crippen MR) is 120 cm³/mol. The average Bonchev–Trinajstić information content (AvgIpc) is 3.02. The van der Waals surface area contributed by atoms with Crippen LogP contribution in [0.1, 0.15) is 26.4 Å². The monoisotopic (exact) mass is 477 g/mol.